The van der Waals surface area contributed by atoms with Crippen molar-refractivity contribution < 1.29 is 8.83 Å². The van der Waals surface area contributed by atoms with E-state index in [4.69, 9.17) is 8.83 Å². The third-order valence-electron chi connectivity index (χ3n) is 9.20. The Morgan fingerprint density at radius 2 is 0.956 bits per heavy atom. The van der Waals surface area contributed by atoms with Crippen LogP contribution in [0.1, 0.15) is 0 Å². The van der Waals surface area contributed by atoms with Gasteiger partial charge in [-0.2, -0.15) is 0 Å². The molecular formula is C42H25NO2. The van der Waals surface area contributed by atoms with Crippen LogP contribution in [-0.2, 0) is 0 Å². The first kappa shape index (κ1) is 24.4. The summed E-state index contributed by atoms with van der Waals surface area (Å²) in [5.41, 5.74) is 11.6. The van der Waals surface area contributed by atoms with E-state index in [0.29, 0.717) is 0 Å². The molecule has 0 unspecified atom stereocenters. The average molecular weight is 576 g/mol. The fraction of sp³-hybridized carbons (Fsp3) is 0. The van der Waals surface area contributed by atoms with Gasteiger partial charge in [0.25, 0.3) is 0 Å². The maximum Gasteiger partial charge on any atom is 0.143 e. The first-order valence-electron chi connectivity index (χ1n) is 15.3. The van der Waals surface area contributed by atoms with Gasteiger partial charge in [-0.05, 0) is 71.3 Å². The standard InChI is InChI=1S/C42H25NO2/c1-4-16-37-31(11-1)32-12-2-5-17-38(32)43(37)29-20-22-41-36(25-29)35-24-27(19-21-40(35)44-41)26-9-7-10-28(23-26)30-14-8-15-34-33-13-3-6-18-39(33)45-42(30)34/h1-25H. The Kier molecular flexibility index (Phi) is 5.00. The predicted octanol–water partition coefficient (Wildman–Crippen LogP) is 11.9. The summed E-state index contributed by atoms with van der Waals surface area (Å²) in [7, 11) is 0. The molecule has 0 N–H and O–H groups in total. The van der Waals surface area contributed by atoms with E-state index in [2.05, 4.69) is 144 Å². The summed E-state index contributed by atoms with van der Waals surface area (Å²) in [6, 6.07) is 53.6. The van der Waals surface area contributed by atoms with E-state index in [0.717, 1.165) is 71.8 Å². The first-order valence-corrected chi connectivity index (χ1v) is 15.3. The Morgan fingerprint density at radius 1 is 0.356 bits per heavy atom. The molecule has 0 saturated heterocycles. The first-order chi connectivity index (χ1) is 22.3. The minimum absolute atomic E-state index is 0.885. The second-order valence-electron chi connectivity index (χ2n) is 11.7. The third kappa shape index (κ3) is 3.58. The largest absolute Gasteiger partial charge is 0.456 e. The monoisotopic (exact) mass is 575 g/mol. The molecule has 45 heavy (non-hydrogen) atoms. The summed E-state index contributed by atoms with van der Waals surface area (Å²) in [5.74, 6) is 0. The van der Waals surface area contributed by atoms with E-state index in [1.807, 2.05) is 12.1 Å². The molecule has 0 fully saturated rings. The SMILES string of the molecule is c1cc(-c2ccc3oc4ccc(-n5c6ccccc6c6ccccc65)cc4c3c2)cc(-c2cccc3c2oc2ccccc23)c1. The van der Waals surface area contributed by atoms with Crippen LogP contribution < -0.4 is 0 Å². The van der Waals surface area contributed by atoms with E-state index < -0.39 is 0 Å². The van der Waals surface area contributed by atoms with Gasteiger partial charge in [-0.15, -0.1) is 0 Å². The van der Waals surface area contributed by atoms with Crippen molar-refractivity contribution in [1.29, 1.82) is 0 Å². The minimum atomic E-state index is 0.885. The zero-order chi connectivity index (χ0) is 29.5. The Morgan fingerprint density at radius 3 is 1.78 bits per heavy atom. The lowest BCUT2D eigenvalue weighted by molar-refractivity contribution is 0.669. The highest BCUT2D eigenvalue weighted by atomic mass is 16.3. The molecule has 3 aromatic heterocycles. The van der Waals surface area contributed by atoms with Crippen molar-refractivity contribution in [3.8, 4) is 27.9 Å². The molecule has 0 atom stereocenters. The molecule has 10 aromatic rings. The van der Waals surface area contributed by atoms with Crippen LogP contribution in [0, 0.1) is 0 Å². The zero-order valence-corrected chi connectivity index (χ0v) is 24.2. The van der Waals surface area contributed by atoms with Gasteiger partial charge in [0.15, 0.2) is 0 Å². The highest BCUT2D eigenvalue weighted by Crippen LogP contribution is 2.39. The van der Waals surface area contributed by atoms with Crippen molar-refractivity contribution >= 4 is 65.7 Å². The lowest BCUT2D eigenvalue weighted by Gasteiger charge is -2.08. The predicted molar refractivity (Wildman–Crippen MR) is 186 cm³/mol. The van der Waals surface area contributed by atoms with Crippen molar-refractivity contribution in [2.45, 2.75) is 0 Å². The van der Waals surface area contributed by atoms with Gasteiger partial charge in [0.05, 0.1) is 11.0 Å². The number of para-hydroxylation sites is 4. The smallest absolute Gasteiger partial charge is 0.143 e. The number of nitrogens with zero attached hydrogens (tertiary/aromatic N) is 1. The van der Waals surface area contributed by atoms with Crippen molar-refractivity contribution in [3.05, 3.63) is 152 Å². The normalized spacial score (nSPS) is 12.0. The van der Waals surface area contributed by atoms with E-state index >= 15 is 0 Å². The summed E-state index contributed by atoms with van der Waals surface area (Å²) in [6.07, 6.45) is 0. The summed E-state index contributed by atoms with van der Waals surface area (Å²) in [5, 5.41) is 7.00. The number of fused-ring (bicyclic) bond motifs is 9. The molecule has 0 spiro atoms. The van der Waals surface area contributed by atoms with Gasteiger partial charge in [-0.25, -0.2) is 0 Å². The Bertz CT molecular complexity index is 2720. The van der Waals surface area contributed by atoms with Gasteiger partial charge in [-0.1, -0.05) is 97.1 Å². The fourth-order valence-corrected chi connectivity index (χ4v) is 7.13. The molecule has 3 heterocycles. The van der Waals surface area contributed by atoms with Crippen LogP contribution in [0.3, 0.4) is 0 Å². The van der Waals surface area contributed by atoms with Crippen LogP contribution >= 0.6 is 0 Å². The van der Waals surface area contributed by atoms with Crippen molar-refractivity contribution in [1.82, 2.24) is 4.57 Å². The number of hydrogen-bond acceptors (Lipinski definition) is 2. The van der Waals surface area contributed by atoms with Gasteiger partial charge in [0.2, 0.25) is 0 Å². The Balaban J connectivity index is 1.13. The van der Waals surface area contributed by atoms with Gasteiger partial charge < -0.3 is 13.4 Å². The van der Waals surface area contributed by atoms with Crippen molar-refractivity contribution in [2.24, 2.45) is 0 Å². The van der Waals surface area contributed by atoms with Crippen molar-refractivity contribution in [3.63, 3.8) is 0 Å². The molecule has 10 rings (SSSR count). The second kappa shape index (κ2) is 9.22. The van der Waals surface area contributed by atoms with Crippen LogP contribution in [0.25, 0.3) is 93.6 Å². The number of rotatable bonds is 3. The molecule has 0 amide bonds. The minimum Gasteiger partial charge on any atom is -0.456 e. The molecule has 0 aliphatic heterocycles. The highest BCUT2D eigenvalue weighted by molar-refractivity contribution is 6.12. The molecule has 3 nitrogen and oxygen atoms in total. The van der Waals surface area contributed by atoms with E-state index in [9.17, 15) is 0 Å². The molecule has 0 aliphatic carbocycles. The molecule has 0 saturated carbocycles. The molecule has 0 aliphatic rings. The number of hydrogen-bond donors (Lipinski definition) is 0. The van der Waals surface area contributed by atoms with Crippen molar-refractivity contribution in [2.75, 3.05) is 0 Å². The topological polar surface area (TPSA) is 31.2 Å². The molecular weight excluding hydrogens is 550 g/mol. The van der Waals surface area contributed by atoms with Gasteiger partial charge in [0, 0.05) is 43.6 Å². The van der Waals surface area contributed by atoms with Gasteiger partial charge in [0.1, 0.15) is 22.3 Å². The van der Waals surface area contributed by atoms with Gasteiger partial charge >= 0.3 is 0 Å². The second-order valence-corrected chi connectivity index (χ2v) is 11.7. The van der Waals surface area contributed by atoms with Crippen LogP contribution in [0.15, 0.2) is 160 Å². The van der Waals surface area contributed by atoms with Gasteiger partial charge in [-0.3, -0.25) is 0 Å². The third-order valence-corrected chi connectivity index (χ3v) is 9.20. The molecule has 3 heteroatoms. The number of benzene rings is 7. The summed E-state index contributed by atoms with van der Waals surface area (Å²) in [4.78, 5) is 0. The van der Waals surface area contributed by atoms with E-state index in [1.54, 1.807) is 0 Å². The maximum absolute atomic E-state index is 6.36. The Hall–Kier alpha value is -6.06. The fourth-order valence-electron chi connectivity index (χ4n) is 7.13. The van der Waals surface area contributed by atoms with Crippen LogP contribution in [-0.4, -0.2) is 4.57 Å². The zero-order valence-electron chi connectivity index (χ0n) is 24.2. The van der Waals surface area contributed by atoms with E-state index in [1.165, 1.54) is 21.8 Å². The van der Waals surface area contributed by atoms with Crippen LogP contribution in [0.4, 0.5) is 0 Å². The summed E-state index contributed by atoms with van der Waals surface area (Å²) >= 11 is 0. The summed E-state index contributed by atoms with van der Waals surface area (Å²) in [6.45, 7) is 0. The maximum atomic E-state index is 6.36. The van der Waals surface area contributed by atoms with Crippen LogP contribution in [0.2, 0.25) is 0 Å². The quantitative estimate of drug-likeness (QED) is 0.210. The summed E-state index contributed by atoms with van der Waals surface area (Å²) < 4.78 is 15.1. The number of aromatic nitrogens is 1. The molecule has 0 bridgehead atoms. The Labute approximate surface area is 258 Å². The number of furan rings is 2. The molecule has 7 aromatic carbocycles. The average Bonchev–Trinajstić information content (AvgIpc) is 3.77. The van der Waals surface area contributed by atoms with E-state index in [-0.39, 0.29) is 0 Å². The lowest BCUT2D eigenvalue weighted by Crippen LogP contribution is -1.93. The highest BCUT2D eigenvalue weighted by Gasteiger charge is 2.16. The molecule has 0 radical (unpaired) electrons. The van der Waals surface area contributed by atoms with Crippen LogP contribution in [0.5, 0.6) is 0 Å². The lowest BCUT2D eigenvalue weighted by atomic mass is 9.97. The molecule has 210 valence electrons.